The Morgan fingerprint density at radius 3 is 2.66 bits per heavy atom. The lowest BCUT2D eigenvalue weighted by molar-refractivity contribution is -0.137. The summed E-state index contributed by atoms with van der Waals surface area (Å²) in [5, 5.41) is 0. The molecule has 0 radical (unpaired) electrons. The van der Waals surface area contributed by atoms with Crippen molar-refractivity contribution in [2.45, 2.75) is 37.6 Å². The summed E-state index contributed by atoms with van der Waals surface area (Å²) in [6.07, 6.45) is -3.80. The minimum Gasteiger partial charge on any atom is -0.488 e. The molecule has 170 valence electrons. The molecule has 2 aliphatic rings. The quantitative estimate of drug-likeness (QED) is 0.705. The highest BCUT2D eigenvalue weighted by molar-refractivity contribution is 6.07. The van der Waals surface area contributed by atoms with Gasteiger partial charge >= 0.3 is 6.18 Å². The summed E-state index contributed by atoms with van der Waals surface area (Å²) < 4.78 is 51.3. The third-order valence-corrected chi connectivity index (χ3v) is 5.72. The second-order valence-corrected chi connectivity index (χ2v) is 8.00. The summed E-state index contributed by atoms with van der Waals surface area (Å²) in [5.74, 6) is 0.221. The number of rotatable bonds is 5. The van der Waals surface area contributed by atoms with E-state index in [1.807, 2.05) is 6.92 Å². The number of carbonyl (C=O) groups excluding carboxylic acids is 1. The lowest BCUT2D eigenvalue weighted by Gasteiger charge is -2.36. The highest BCUT2D eigenvalue weighted by atomic mass is 19.4. The van der Waals surface area contributed by atoms with E-state index in [0.29, 0.717) is 29.0 Å². The standard InChI is InChI=1S/C23H24F3N3O3/c1-3-9-31-13-17-12-22(20(30)29(2)21(27)28-22)18-11-15(7-8-19(18)32-17)14-5-4-6-16(10-14)23(24,25)26/h4-8,10-11,17H,3,9,12-13H2,1-2H3,(H2,27,28)/t17-,22-/m0/s1. The van der Waals surface area contributed by atoms with Crippen molar-refractivity contribution in [3.63, 3.8) is 0 Å². The monoisotopic (exact) mass is 447 g/mol. The molecule has 2 heterocycles. The molecule has 0 aromatic heterocycles. The number of amides is 1. The average Bonchev–Trinajstić information content (AvgIpc) is 2.97. The van der Waals surface area contributed by atoms with Crippen LogP contribution in [0.4, 0.5) is 13.2 Å². The molecular formula is C23H24F3N3O3. The van der Waals surface area contributed by atoms with Crippen LogP contribution in [0, 0.1) is 0 Å². The van der Waals surface area contributed by atoms with Crippen LogP contribution < -0.4 is 10.5 Å². The molecule has 6 nitrogen and oxygen atoms in total. The summed E-state index contributed by atoms with van der Waals surface area (Å²) >= 11 is 0. The van der Waals surface area contributed by atoms with Gasteiger partial charge in [0.15, 0.2) is 11.5 Å². The molecule has 1 amide bonds. The molecule has 0 fully saturated rings. The molecule has 0 unspecified atom stereocenters. The lowest BCUT2D eigenvalue weighted by Crippen LogP contribution is -2.46. The van der Waals surface area contributed by atoms with Crippen molar-refractivity contribution >= 4 is 11.9 Å². The third-order valence-electron chi connectivity index (χ3n) is 5.72. The maximum atomic E-state index is 13.3. The van der Waals surface area contributed by atoms with E-state index in [0.717, 1.165) is 18.6 Å². The predicted molar refractivity (Wildman–Crippen MR) is 113 cm³/mol. The number of benzene rings is 2. The van der Waals surface area contributed by atoms with Crippen molar-refractivity contribution in [1.82, 2.24) is 4.90 Å². The number of hydrogen-bond donors (Lipinski definition) is 1. The zero-order valence-corrected chi connectivity index (χ0v) is 17.8. The maximum absolute atomic E-state index is 13.3. The van der Waals surface area contributed by atoms with E-state index in [1.165, 1.54) is 11.0 Å². The number of hydrogen-bond acceptors (Lipinski definition) is 5. The van der Waals surface area contributed by atoms with E-state index in [4.69, 9.17) is 15.2 Å². The first-order valence-electron chi connectivity index (χ1n) is 10.4. The lowest BCUT2D eigenvalue weighted by atomic mass is 9.80. The zero-order chi connectivity index (χ0) is 23.1. The van der Waals surface area contributed by atoms with Crippen molar-refractivity contribution in [3.8, 4) is 16.9 Å². The fraction of sp³-hybridized carbons (Fsp3) is 0.391. The minimum atomic E-state index is -4.46. The van der Waals surface area contributed by atoms with Crippen molar-refractivity contribution < 1.29 is 27.4 Å². The van der Waals surface area contributed by atoms with Crippen LogP contribution in [-0.4, -0.2) is 43.1 Å². The number of alkyl halides is 3. The minimum absolute atomic E-state index is 0.0838. The maximum Gasteiger partial charge on any atom is 0.416 e. The number of nitrogens with two attached hydrogens (primary N) is 1. The van der Waals surface area contributed by atoms with Crippen molar-refractivity contribution in [3.05, 3.63) is 53.6 Å². The van der Waals surface area contributed by atoms with Crippen molar-refractivity contribution in [2.75, 3.05) is 20.3 Å². The summed E-state index contributed by atoms with van der Waals surface area (Å²) in [6.45, 7) is 2.85. The number of halogens is 3. The molecule has 0 aliphatic carbocycles. The van der Waals surface area contributed by atoms with Crippen molar-refractivity contribution in [2.24, 2.45) is 10.7 Å². The predicted octanol–water partition coefficient (Wildman–Crippen LogP) is 3.93. The second-order valence-electron chi connectivity index (χ2n) is 8.00. The van der Waals surface area contributed by atoms with Crippen LogP contribution >= 0.6 is 0 Å². The Hall–Kier alpha value is -3.07. The first-order chi connectivity index (χ1) is 15.2. The number of carbonyl (C=O) groups is 1. The average molecular weight is 447 g/mol. The van der Waals surface area contributed by atoms with Crippen LogP contribution in [0.1, 0.15) is 30.9 Å². The number of likely N-dealkylation sites (N-methyl/N-ethyl adjacent to an activating group) is 1. The van der Waals surface area contributed by atoms with Crippen LogP contribution in [-0.2, 0) is 21.2 Å². The van der Waals surface area contributed by atoms with Crippen LogP contribution in [0.15, 0.2) is 47.5 Å². The Morgan fingerprint density at radius 2 is 2.00 bits per heavy atom. The normalized spacial score (nSPS) is 22.7. The van der Waals surface area contributed by atoms with Crippen LogP contribution in [0.25, 0.3) is 11.1 Å². The van der Waals surface area contributed by atoms with E-state index in [-0.39, 0.29) is 24.9 Å². The van der Waals surface area contributed by atoms with Gasteiger partial charge in [-0.3, -0.25) is 9.69 Å². The van der Waals surface area contributed by atoms with Crippen molar-refractivity contribution in [1.29, 1.82) is 0 Å². The number of guanidine groups is 1. The van der Waals surface area contributed by atoms with Gasteiger partial charge in [0.05, 0.1) is 12.2 Å². The largest absolute Gasteiger partial charge is 0.488 e. The van der Waals surface area contributed by atoms with Gasteiger partial charge in [0.2, 0.25) is 0 Å². The van der Waals surface area contributed by atoms with Gasteiger partial charge in [0, 0.05) is 25.6 Å². The molecule has 2 N–H and O–H groups in total. The van der Waals surface area contributed by atoms with Crippen LogP contribution in [0.3, 0.4) is 0 Å². The zero-order valence-electron chi connectivity index (χ0n) is 17.8. The molecule has 4 rings (SSSR count). The Labute approximate surface area is 183 Å². The van der Waals surface area contributed by atoms with E-state index < -0.39 is 23.4 Å². The summed E-state index contributed by atoms with van der Waals surface area (Å²) in [6, 6.07) is 10.1. The molecule has 2 aromatic carbocycles. The van der Waals surface area contributed by atoms with Gasteiger partial charge in [-0.1, -0.05) is 25.1 Å². The Morgan fingerprint density at radius 1 is 1.25 bits per heavy atom. The molecule has 0 saturated heterocycles. The fourth-order valence-corrected chi connectivity index (χ4v) is 4.13. The molecule has 0 saturated carbocycles. The van der Waals surface area contributed by atoms with E-state index in [9.17, 15) is 18.0 Å². The number of aliphatic imine (C=N–C) groups is 1. The van der Waals surface area contributed by atoms with E-state index in [1.54, 1.807) is 31.3 Å². The Kier molecular flexibility index (Phi) is 5.62. The highest BCUT2D eigenvalue weighted by Crippen LogP contribution is 2.47. The number of nitrogens with zero attached hydrogens (tertiary/aromatic N) is 2. The van der Waals surface area contributed by atoms with E-state index >= 15 is 0 Å². The summed E-state index contributed by atoms with van der Waals surface area (Å²) in [5.41, 5.74) is 5.31. The van der Waals surface area contributed by atoms with Gasteiger partial charge in [0.1, 0.15) is 11.9 Å². The fourth-order valence-electron chi connectivity index (χ4n) is 4.13. The molecule has 32 heavy (non-hydrogen) atoms. The Balaban J connectivity index is 1.78. The molecule has 9 heteroatoms. The van der Waals surface area contributed by atoms with Gasteiger partial charge < -0.3 is 15.2 Å². The van der Waals surface area contributed by atoms with Gasteiger partial charge in [-0.15, -0.1) is 0 Å². The van der Waals surface area contributed by atoms with Gasteiger partial charge in [-0.25, -0.2) is 4.99 Å². The summed E-state index contributed by atoms with van der Waals surface area (Å²) in [7, 11) is 1.55. The van der Waals surface area contributed by atoms with Crippen LogP contribution in [0.2, 0.25) is 0 Å². The highest BCUT2D eigenvalue weighted by Gasteiger charge is 2.53. The number of ether oxygens (including phenoxy) is 2. The second kappa shape index (κ2) is 8.12. The molecule has 1 spiro atoms. The van der Waals surface area contributed by atoms with Crippen LogP contribution in [0.5, 0.6) is 5.75 Å². The smallest absolute Gasteiger partial charge is 0.416 e. The molecule has 0 bridgehead atoms. The SMILES string of the molecule is CCCOC[C@@H]1C[C@]2(N=C(N)N(C)C2=O)c2cc(-c3cccc(C(F)(F)F)c3)ccc2O1. The van der Waals surface area contributed by atoms with Gasteiger partial charge in [0.25, 0.3) is 5.91 Å². The first-order valence-corrected chi connectivity index (χ1v) is 10.4. The topological polar surface area (TPSA) is 77.2 Å². The summed E-state index contributed by atoms with van der Waals surface area (Å²) in [4.78, 5) is 19.0. The van der Waals surface area contributed by atoms with Gasteiger partial charge in [-0.2, -0.15) is 13.2 Å². The first kappa shape index (κ1) is 22.1. The molecule has 2 aromatic rings. The number of fused-ring (bicyclic) bond motifs is 2. The van der Waals surface area contributed by atoms with E-state index in [2.05, 4.69) is 4.99 Å². The molecule has 2 aliphatic heterocycles. The third kappa shape index (κ3) is 3.81. The molecular weight excluding hydrogens is 423 g/mol. The Bertz CT molecular complexity index is 1070. The van der Waals surface area contributed by atoms with Gasteiger partial charge in [-0.05, 0) is 41.8 Å². The molecule has 2 atom stereocenters.